The summed E-state index contributed by atoms with van der Waals surface area (Å²) in [5.74, 6) is -0.177. The first-order valence-electron chi connectivity index (χ1n) is 11.1. The van der Waals surface area contributed by atoms with Crippen LogP contribution in [0.5, 0.6) is 0 Å². The lowest BCUT2D eigenvalue weighted by Gasteiger charge is -2.38. The summed E-state index contributed by atoms with van der Waals surface area (Å²) in [7, 11) is 0. The number of aryl methyl sites for hydroxylation is 1. The number of likely N-dealkylation sites (tertiary alicyclic amines) is 1. The molecule has 174 valence electrons. The van der Waals surface area contributed by atoms with Gasteiger partial charge in [-0.25, -0.2) is 4.79 Å². The number of nitrogens with one attached hydrogen (secondary N) is 2. The topological polar surface area (TPSA) is 106 Å². The van der Waals surface area contributed by atoms with Crippen LogP contribution >= 0.6 is 0 Å². The molecule has 2 rings (SSSR count). The summed E-state index contributed by atoms with van der Waals surface area (Å²) >= 11 is 0. The first kappa shape index (κ1) is 24.7. The van der Waals surface area contributed by atoms with Crippen molar-refractivity contribution in [3.63, 3.8) is 0 Å². The Morgan fingerprint density at radius 2 is 1.81 bits per heavy atom. The van der Waals surface area contributed by atoms with Crippen molar-refractivity contribution in [1.29, 1.82) is 0 Å². The number of aromatic nitrogens is 2. The van der Waals surface area contributed by atoms with E-state index in [1.165, 1.54) is 0 Å². The first-order chi connectivity index (χ1) is 14.5. The van der Waals surface area contributed by atoms with Crippen molar-refractivity contribution in [2.24, 2.45) is 11.3 Å². The van der Waals surface area contributed by atoms with Crippen molar-refractivity contribution < 1.29 is 19.1 Å². The number of carbonyl (C=O) groups is 3. The molecule has 3 amide bonds. The molecule has 1 saturated heterocycles. The van der Waals surface area contributed by atoms with Crippen LogP contribution in [-0.2, 0) is 20.9 Å². The number of anilines is 1. The molecule has 2 heterocycles. The van der Waals surface area contributed by atoms with E-state index in [-0.39, 0.29) is 24.3 Å². The summed E-state index contributed by atoms with van der Waals surface area (Å²) in [6, 6.07) is 0. The molecule has 1 aromatic rings. The Morgan fingerprint density at radius 1 is 1.16 bits per heavy atom. The minimum atomic E-state index is -0.721. The molecular weight excluding hydrogens is 398 g/mol. The molecular formula is C22H37N5O4. The molecule has 0 saturated carbocycles. The number of amides is 3. The maximum Gasteiger partial charge on any atom is 0.407 e. The number of hydrogen-bond acceptors (Lipinski definition) is 5. The highest BCUT2D eigenvalue weighted by molar-refractivity contribution is 5.92. The van der Waals surface area contributed by atoms with Gasteiger partial charge < -0.3 is 20.3 Å². The van der Waals surface area contributed by atoms with Crippen LogP contribution in [0.15, 0.2) is 12.4 Å². The van der Waals surface area contributed by atoms with Crippen molar-refractivity contribution in [3.8, 4) is 0 Å². The standard InChI is InChI=1S/C22H37N5O4/c1-7-22(6,15-23-20(30)31-21(3,4)5)19(29)26-11-9-16(10-12-26)18(28)25-17-13-24-27(8-2)14-17/h13-14,16H,7-12,15H2,1-6H3,(H,23,30)(H,25,28)/t22-/m1/s1. The van der Waals surface area contributed by atoms with Crippen molar-refractivity contribution in [2.45, 2.75) is 73.0 Å². The molecule has 2 N–H and O–H groups in total. The Hall–Kier alpha value is -2.58. The molecule has 31 heavy (non-hydrogen) atoms. The molecule has 0 unspecified atom stereocenters. The molecule has 0 radical (unpaired) electrons. The molecule has 1 fully saturated rings. The van der Waals surface area contributed by atoms with E-state index >= 15 is 0 Å². The van der Waals surface area contributed by atoms with Gasteiger partial charge in [0.2, 0.25) is 11.8 Å². The molecule has 9 nitrogen and oxygen atoms in total. The van der Waals surface area contributed by atoms with Gasteiger partial charge in [-0.15, -0.1) is 0 Å². The van der Waals surface area contributed by atoms with Crippen LogP contribution < -0.4 is 10.6 Å². The number of piperidine rings is 1. The van der Waals surface area contributed by atoms with Gasteiger partial charge in [-0.3, -0.25) is 14.3 Å². The van der Waals surface area contributed by atoms with E-state index in [4.69, 9.17) is 4.74 Å². The SMILES string of the molecule is CCn1cc(NC(=O)C2CCN(C(=O)[C@](C)(CC)CNC(=O)OC(C)(C)C)CC2)cn1. The van der Waals surface area contributed by atoms with Gasteiger partial charge in [0, 0.05) is 38.3 Å². The second-order valence-corrected chi connectivity index (χ2v) is 9.41. The van der Waals surface area contributed by atoms with Crippen LogP contribution in [0.1, 0.15) is 60.8 Å². The summed E-state index contributed by atoms with van der Waals surface area (Å²) in [5.41, 5.74) is -0.619. The number of carbonyl (C=O) groups excluding carboxylic acids is 3. The average Bonchev–Trinajstić information content (AvgIpc) is 3.18. The number of rotatable bonds is 7. The van der Waals surface area contributed by atoms with Gasteiger partial charge in [-0.1, -0.05) is 6.92 Å². The van der Waals surface area contributed by atoms with Crippen LogP contribution in [0.2, 0.25) is 0 Å². The fourth-order valence-electron chi connectivity index (χ4n) is 3.51. The molecule has 1 atom stereocenters. The van der Waals surface area contributed by atoms with E-state index in [0.29, 0.717) is 38.0 Å². The van der Waals surface area contributed by atoms with Crippen LogP contribution in [-0.4, -0.2) is 57.8 Å². The zero-order chi connectivity index (χ0) is 23.2. The highest BCUT2D eigenvalue weighted by Gasteiger charge is 2.38. The van der Waals surface area contributed by atoms with E-state index < -0.39 is 17.1 Å². The third-order valence-corrected chi connectivity index (χ3v) is 5.70. The molecule has 0 spiro atoms. The highest BCUT2D eigenvalue weighted by Crippen LogP contribution is 2.27. The van der Waals surface area contributed by atoms with Crippen molar-refractivity contribution in [1.82, 2.24) is 20.0 Å². The Labute approximate surface area is 184 Å². The van der Waals surface area contributed by atoms with Crippen LogP contribution in [0.4, 0.5) is 10.5 Å². The maximum atomic E-state index is 13.2. The van der Waals surface area contributed by atoms with E-state index in [1.54, 1.807) is 42.7 Å². The Bertz CT molecular complexity index is 777. The number of ether oxygens (including phenoxy) is 1. The Balaban J connectivity index is 1.87. The quantitative estimate of drug-likeness (QED) is 0.685. The minimum Gasteiger partial charge on any atom is -0.444 e. The fraction of sp³-hybridized carbons (Fsp3) is 0.727. The third-order valence-electron chi connectivity index (χ3n) is 5.70. The molecule has 1 aliphatic rings. The van der Waals surface area contributed by atoms with Gasteiger partial charge in [0.15, 0.2) is 0 Å². The lowest BCUT2D eigenvalue weighted by atomic mass is 9.84. The lowest BCUT2D eigenvalue weighted by Crippen LogP contribution is -2.51. The maximum absolute atomic E-state index is 13.2. The molecule has 9 heteroatoms. The molecule has 0 aromatic carbocycles. The predicted octanol–water partition coefficient (Wildman–Crippen LogP) is 3.02. The van der Waals surface area contributed by atoms with Crippen molar-refractivity contribution in [3.05, 3.63) is 12.4 Å². The molecule has 0 aliphatic carbocycles. The van der Waals surface area contributed by atoms with Crippen molar-refractivity contribution in [2.75, 3.05) is 25.0 Å². The predicted molar refractivity (Wildman–Crippen MR) is 118 cm³/mol. The summed E-state index contributed by atoms with van der Waals surface area (Å²) in [6.45, 7) is 13.2. The molecule has 1 aliphatic heterocycles. The summed E-state index contributed by atoms with van der Waals surface area (Å²) in [4.78, 5) is 39.6. The molecule has 1 aromatic heterocycles. The summed E-state index contributed by atoms with van der Waals surface area (Å²) in [6.07, 6.45) is 4.73. The number of nitrogens with zero attached hydrogens (tertiary/aromatic N) is 3. The Kier molecular flexibility index (Phi) is 8.08. The van der Waals surface area contributed by atoms with Gasteiger partial charge in [-0.05, 0) is 53.9 Å². The second-order valence-electron chi connectivity index (χ2n) is 9.41. The number of alkyl carbamates (subject to hydrolysis) is 1. The average molecular weight is 436 g/mol. The van der Waals surface area contributed by atoms with Gasteiger partial charge in [-0.2, -0.15) is 5.10 Å². The number of hydrogen-bond donors (Lipinski definition) is 2. The van der Waals surface area contributed by atoms with E-state index in [2.05, 4.69) is 15.7 Å². The zero-order valence-corrected chi connectivity index (χ0v) is 19.7. The smallest absolute Gasteiger partial charge is 0.407 e. The summed E-state index contributed by atoms with van der Waals surface area (Å²) < 4.78 is 7.03. The van der Waals surface area contributed by atoms with Crippen LogP contribution in [0.25, 0.3) is 0 Å². The summed E-state index contributed by atoms with van der Waals surface area (Å²) in [5, 5.41) is 9.81. The van der Waals surface area contributed by atoms with E-state index in [1.807, 2.05) is 20.8 Å². The van der Waals surface area contributed by atoms with Crippen molar-refractivity contribution >= 4 is 23.6 Å². The van der Waals surface area contributed by atoms with E-state index in [0.717, 1.165) is 6.54 Å². The monoisotopic (exact) mass is 435 g/mol. The Morgan fingerprint density at radius 3 is 2.32 bits per heavy atom. The zero-order valence-electron chi connectivity index (χ0n) is 19.7. The second kappa shape index (κ2) is 10.2. The largest absolute Gasteiger partial charge is 0.444 e. The highest BCUT2D eigenvalue weighted by atomic mass is 16.6. The lowest BCUT2D eigenvalue weighted by molar-refractivity contribution is -0.143. The van der Waals surface area contributed by atoms with Crippen LogP contribution in [0, 0.1) is 11.3 Å². The minimum absolute atomic E-state index is 0.00543. The first-order valence-corrected chi connectivity index (χ1v) is 11.1. The van der Waals surface area contributed by atoms with Gasteiger partial charge in [0.25, 0.3) is 0 Å². The third kappa shape index (κ3) is 6.97. The normalized spacial score (nSPS) is 17.0. The molecule has 0 bridgehead atoms. The van der Waals surface area contributed by atoms with Crippen LogP contribution in [0.3, 0.4) is 0 Å². The van der Waals surface area contributed by atoms with Gasteiger partial charge >= 0.3 is 6.09 Å². The van der Waals surface area contributed by atoms with Gasteiger partial charge in [0.1, 0.15) is 5.60 Å². The fourth-order valence-corrected chi connectivity index (χ4v) is 3.51. The van der Waals surface area contributed by atoms with E-state index in [9.17, 15) is 14.4 Å². The van der Waals surface area contributed by atoms with Gasteiger partial charge in [0.05, 0.1) is 17.3 Å².